The Morgan fingerprint density at radius 1 is 1.11 bits per heavy atom. The Bertz CT molecular complexity index is 390. The van der Waals surface area contributed by atoms with Crippen LogP contribution in [0.2, 0.25) is 0 Å². The molecule has 98 valence electrons. The largest absolute Gasteiger partial charge is 0.312 e. The summed E-state index contributed by atoms with van der Waals surface area (Å²) in [5, 5.41) is 3.61. The van der Waals surface area contributed by atoms with E-state index >= 15 is 0 Å². The number of hydrogen-bond donors (Lipinski definition) is 1. The maximum atomic E-state index is 3.61. The highest BCUT2D eigenvalue weighted by Gasteiger charge is 2.30. The van der Waals surface area contributed by atoms with Crippen LogP contribution in [0.1, 0.15) is 56.1 Å². The molecule has 1 heteroatoms. The lowest BCUT2D eigenvalue weighted by Crippen LogP contribution is -2.33. The molecule has 0 amide bonds. The van der Waals surface area contributed by atoms with Crippen LogP contribution in [0.3, 0.4) is 0 Å². The molecule has 1 aliphatic heterocycles. The molecule has 0 saturated heterocycles. The van der Waals surface area contributed by atoms with Gasteiger partial charge in [0.1, 0.15) is 0 Å². The average Bonchev–Trinajstić information content (AvgIpc) is 2.47. The number of fused-ring (bicyclic) bond motifs is 1. The fraction of sp³-hybridized carbons (Fsp3) is 0.647. The molecule has 0 radical (unpaired) electrons. The predicted molar refractivity (Wildman–Crippen MR) is 76.6 cm³/mol. The fourth-order valence-corrected chi connectivity index (χ4v) is 3.95. The second kappa shape index (κ2) is 5.44. The van der Waals surface area contributed by atoms with Crippen molar-refractivity contribution in [3.63, 3.8) is 0 Å². The van der Waals surface area contributed by atoms with Gasteiger partial charge in [-0.2, -0.15) is 0 Å². The zero-order chi connectivity index (χ0) is 12.4. The van der Waals surface area contributed by atoms with Gasteiger partial charge in [-0.3, -0.25) is 0 Å². The van der Waals surface area contributed by atoms with Gasteiger partial charge in [0.15, 0.2) is 0 Å². The first-order chi connectivity index (χ1) is 8.88. The molecule has 1 atom stereocenters. The zero-order valence-electron chi connectivity index (χ0n) is 11.5. The van der Waals surface area contributed by atoms with Crippen LogP contribution in [0.4, 0.5) is 0 Å². The van der Waals surface area contributed by atoms with E-state index in [0.29, 0.717) is 0 Å². The van der Waals surface area contributed by atoms with E-state index in [-0.39, 0.29) is 0 Å². The van der Waals surface area contributed by atoms with Crippen LogP contribution in [0.5, 0.6) is 0 Å². The van der Waals surface area contributed by atoms with E-state index in [4.69, 9.17) is 0 Å². The van der Waals surface area contributed by atoms with Gasteiger partial charge in [-0.05, 0) is 41.7 Å². The zero-order valence-corrected chi connectivity index (χ0v) is 11.5. The van der Waals surface area contributed by atoms with E-state index in [2.05, 4.69) is 36.5 Å². The Kier molecular flexibility index (Phi) is 3.69. The molecule has 18 heavy (non-hydrogen) atoms. The van der Waals surface area contributed by atoms with Crippen LogP contribution >= 0.6 is 0 Å². The summed E-state index contributed by atoms with van der Waals surface area (Å²) in [6, 6.07) is 9.06. The Morgan fingerprint density at radius 2 is 1.89 bits per heavy atom. The molecule has 1 heterocycles. The van der Waals surface area contributed by atoms with Crippen molar-refractivity contribution in [1.29, 1.82) is 0 Å². The highest BCUT2D eigenvalue weighted by molar-refractivity contribution is 5.33. The molecule has 3 rings (SSSR count). The lowest BCUT2D eigenvalue weighted by molar-refractivity contribution is 0.230. The second-order valence-electron chi connectivity index (χ2n) is 6.13. The Balaban J connectivity index is 1.74. The topological polar surface area (TPSA) is 12.0 Å². The summed E-state index contributed by atoms with van der Waals surface area (Å²) in [5.74, 6) is 2.70. The number of nitrogens with one attached hydrogen (secondary N) is 1. The molecule has 1 unspecified atom stereocenters. The first-order valence-electron chi connectivity index (χ1n) is 7.67. The first-order valence-corrected chi connectivity index (χ1v) is 7.67. The maximum absolute atomic E-state index is 3.61. The quantitative estimate of drug-likeness (QED) is 0.825. The lowest BCUT2D eigenvalue weighted by Gasteiger charge is -2.37. The minimum atomic E-state index is 0.771. The van der Waals surface area contributed by atoms with Crippen molar-refractivity contribution in [2.45, 2.75) is 51.5 Å². The van der Waals surface area contributed by atoms with Gasteiger partial charge >= 0.3 is 0 Å². The summed E-state index contributed by atoms with van der Waals surface area (Å²) >= 11 is 0. The third-order valence-electron chi connectivity index (χ3n) is 5.17. The van der Waals surface area contributed by atoms with Crippen LogP contribution in [0.15, 0.2) is 24.3 Å². The van der Waals surface area contributed by atoms with E-state index in [9.17, 15) is 0 Å². The number of benzene rings is 1. The van der Waals surface area contributed by atoms with Gasteiger partial charge in [-0.1, -0.05) is 50.5 Å². The molecule has 1 nitrogen and oxygen atoms in total. The van der Waals surface area contributed by atoms with Gasteiger partial charge in [0, 0.05) is 13.1 Å². The molecule has 1 N–H and O–H groups in total. The summed E-state index contributed by atoms with van der Waals surface area (Å²) < 4.78 is 0. The van der Waals surface area contributed by atoms with E-state index in [1.807, 2.05) is 0 Å². The van der Waals surface area contributed by atoms with Crippen LogP contribution in [-0.2, 0) is 6.54 Å². The maximum Gasteiger partial charge on any atom is 0.0208 e. The van der Waals surface area contributed by atoms with Crippen LogP contribution < -0.4 is 5.32 Å². The summed E-state index contributed by atoms with van der Waals surface area (Å²) in [6.45, 7) is 4.61. The van der Waals surface area contributed by atoms with E-state index < -0.39 is 0 Å². The van der Waals surface area contributed by atoms with Gasteiger partial charge < -0.3 is 5.32 Å². The fourth-order valence-electron chi connectivity index (χ4n) is 3.95. The van der Waals surface area contributed by atoms with Crippen LogP contribution in [-0.4, -0.2) is 6.54 Å². The third-order valence-corrected chi connectivity index (χ3v) is 5.17. The van der Waals surface area contributed by atoms with Gasteiger partial charge in [-0.25, -0.2) is 0 Å². The highest BCUT2D eigenvalue weighted by Crippen LogP contribution is 2.40. The smallest absolute Gasteiger partial charge is 0.0208 e. The molecule has 0 bridgehead atoms. The molecule has 0 aromatic heterocycles. The van der Waals surface area contributed by atoms with Crippen molar-refractivity contribution < 1.29 is 0 Å². The normalized spacial score (nSPS) is 31.9. The molecule has 1 aliphatic carbocycles. The van der Waals surface area contributed by atoms with E-state index in [0.717, 1.165) is 24.3 Å². The van der Waals surface area contributed by atoms with Gasteiger partial charge in [-0.15, -0.1) is 0 Å². The number of rotatable bonds is 2. The predicted octanol–water partition coefficient (Wildman–Crippen LogP) is 4.09. The van der Waals surface area contributed by atoms with E-state index in [1.165, 1.54) is 44.2 Å². The Morgan fingerprint density at radius 3 is 2.67 bits per heavy atom. The molecule has 1 aromatic carbocycles. The van der Waals surface area contributed by atoms with Crippen molar-refractivity contribution in [1.82, 2.24) is 5.32 Å². The van der Waals surface area contributed by atoms with Crippen molar-refractivity contribution in [2.24, 2.45) is 11.8 Å². The van der Waals surface area contributed by atoms with Gasteiger partial charge in [0.2, 0.25) is 0 Å². The Labute approximate surface area is 111 Å². The SMILES string of the molecule is CCC1CCC(C2CNCc3ccccc32)CC1. The molecule has 0 spiro atoms. The van der Waals surface area contributed by atoms with Crippen molar-refractivity contribution in [3.8, 4) is 0 Å². The van der Waals surface area contributed by atoms with Crippen molar-refractivity contribution in [2.75, 3.05) is 6.54 Å². The van der Waals surface area contributed by atoms with E-state index in [1.54, 1.807) is 5.56 Å². The summed E-state index contributed by atoms with van der Waals surface area (Å²) in [7, 11) is 0. The molecular formula is C17H25N. The average molecular weight is 243 g/mol. The monoisotopic (exact) mass is 243 g/mol. The summed E-state index contributed by atoms with van der Waals surface area (Å²) in [4.78, 5) is 0. The van der Waals surface area contributed by atoms with Crippen molar-refractivity contribution >= 4 is 0 Å². The number of hydrogen-bond acceptors (Lipinski definition) is 1. The Hall–Kier alpha value is -0.820. The minimum Gasteiger partial charge on any atom is -0.312 e. The standard InChI is InChI=1S/C17H25N/c1-2-13-7-9-14(10-8-13)17-12-18-11-15-5-3-4-6-16(15)17/h3-6,13-14,17-18H,2,7-12H2,1H3. The molecule has 2 aliphatic rings. The summed E-state index contributed by atoms with van der Waals surface area (Å²) in [5.41, 5.74) is 3.17. The summed E-state index contributed by atoms with van der Waals surface area (Å²) in [6.07, 6.45) is 7.18. The van der Waals surface area contributed by atoms with Crippen LogP contribution in [0.25, 0.3) is 0 Å². The highest BCUT2D eigenvalue weighted by atomic mass is 14.9. The van der Waals surface area contributed by atoms with Crippen LogP contribution in [0, 0.1) is 11.8 Å². The molecular weight excluding hydrogens is 218 g/mol. The van der Waals surface area contributed by atoms with Gasteiger partial charge in [0.25, 0.3) is 0 Å². The minimum absolute atomic E-state index is 0.771. The molecule has 1 saturated carbocycles. The molecule has 1 aromatic rings. The van der Waals surface area contributed by atoms with Crippen molar-refractivity contribution in [3.05, 3.63) is 35.4 Å². The first kappa shape index (κ1) is 12.2. The molecule has 1 fully saturated rings. The second-order valence-corrected chi connectivity index (χ2v) is 6.13. The lowest BCUT2D eigenvalue weighted by atomic mass is 9.71. The third kappa shape index (κ3) is 2.33. The van der Waals surface area contributed by atoms with Gasteiger partial charge in [0.05, 0.1) is 0 Å².